The van der Waals surface area contributed by atoms with Crippen LogP contribution in [0.1, 0.15) is 5.69 Å². The van der Waals surface area contributed by atoms with Crippen molar-refractivity contribution in [3.63, 3.8) is 0 Å². The van der Waals surface area contributed by atoms with Crippen LogP contribution in [0.4, 0.5) is 0 Å². The normalized spacial score (nSPS) is 11.5. The number of rotatable bonds is 1. The SMILES string of the molecule is COc1cc(C(Cl)(Cl)Cl)ncc1Cl. The van der Waals surface area contributed by atoms with Crippen LogP contribution in [0.2, 0.25) is 5.02 Å². The van der Waals surface area contributed by atoms with Crippen molar-refractivity contribution in [2.45, 2.75) is 3.79 Å². The summed E-state index contributed by atoms with van der Waals surface area (Å²) in [5, 5.41) is 0.375. The molecule has 0 saturated carbocycles. The smallest absolute Gasteiger partial charge is 0.232 e. The second-order valence-corrected chi connectivity index (χ2v) is 4.89. The van der Waals surface area contributed by atoms with E-state index in [0.717, 1.165) is 0 Å². The van der Waals surface area contributed by atoms with Gasteiger partial charge in [-0.3, -0.25) is 4.98 Å². The first-order valence-corrected chi connectivity index (χ1v) is 4.73. The maximum Gasteiger partial charge on any atom is 0.232 e. The zero-order chi connectivity index (χ0) is 10.1. The van der Waals surface area contributed by atoms with Crippen LogP contribution >= 0.6 is 46.4 Å². The first-order valence-electron chi connectivity index (χ1n) is 3.22. The van der Waals surface area contributed by atoms with Crippen molar-refractivity contribution in [1.29, 1.82) is 0 Å². The van der Waals surface area contributed by atoms with Gasteiger partial charge in [0.15, 0.2) is 0 Å². The molecule has 6 heteroatoms. The van der Waals surface area contributed by atoms with E-state index in [2.05, 4.69) is 4.98 Å². The summed E-state index contributed by atoms with van der Waals surface area (Å²) in [6, 6.07) is 1.48. The summed E-state index contributed by atoms with van der Waals surface area (Å²) in [4.78, 5) is 3.85. The van der Waals surface area contributed by atoms with Crippen molar-refractivity contribution in [2.24, 2.45) is 0 Å². The lowest BCUT2D eigenvalue weighted by molar-refractivity contribution is 0.414. The van der Waals surface area contributed by atoms with Crippen molar-refractivity contribution < 1.29 is 4.74 Å². The van der Waals surface area contributed by atoms with Crippen LogP contribution in [0, 0.1) is 0 Å². The second-order valence-electron chi connectivity index (χ2n) is 2.20. The summed E-state index contributed by atoms with van der Waals surface area (Å²) >= 11 is 22.6. The molecule has 0 aliphatic heterocycles. The molecular weight excluding hydrogens is 256 g/mol. The average molecular weight is 261 g/mol. The summed E-state index contributed by atoms with van der Waals surface area (Å²) in [6.07, 6.45) is 1.37. The van der Waals surface area contributed by atoms with Gasteiger partial charge in [-0.15, -0.1) is 0 Å². The number of hydrogen-bond acceptors (Lipinski definition) is 2. The molecule has 13 heavy (non-hydrogen) atoms. The van der Waals surface area contributed by atoms with Gasteiger partial charge in [-0.2, -0.15) is 0 Å². The molecule has 1 heterocycles. The van der Waals surface area contributed by atoms with Crippen molar-refractivity contribution in [3.8, 4) is 5.75 Å². The first-order chi connectivity index (χ1) is 5.95. The highest BCUT2D eigenvalue weighted by Crippen LogP contribution is 2.39. The maximum atomic E-state index is 5.73. The van der Waals surface area contributed by atoms with E-state index in [4.69, 9.17) is 51.1 Å². The van der Waals surface area contributed by atoms with E-state index in [-0.39, 0.29) is 5.69 Å². The summed E-state index contributed by atoms with van der Waals surface area (Å²) in [5.74, 6) is 0.429. The van der Waals surface area contributed by atoms with Crippen molar-refractivity contribution in [3.05, 3.63) is 23.0 Å². The summed E-state index contributed by atoms with van der Waals surface area (Å²) < 4.78 is 3.38. The van der Waals surface area contributed by atoms with Crippen LogP contribution < -0.4 is 4.74 Å². The quantitative estimate of drug-likeness (QED) is 0.721. The van der Waals surface area contributed by atoms with Gasteiger partial charge in [0.05, 0.1) is 12.8 Å². The molecule has 0 spiro atoms. The van der Waals surface area contributed by atoms with E-state index in [9.17, 15) is 0 Å². The number of pyridine rings is 1. The maximum absolute atomic E-state index is 5.73. The van der Waals surface area contributed by atoms with Gasteiger partial charge in [-0.1, -0.05) is 46.4 Å². The molecule has 1 aromatic rings. The Morgan fingerprint density at radius 2 is 2.00 bits per heavy atom. The number of ether oxygens (including phenoxy) is 1. The van der Waals surface area contributed by atoms with Crippen LogP contribution in [0.5, 0.6) is 5.75 Å². The van der Waals surface area contributed by atoms with Gasteiger partial charge in [0.2, 0.25) is 3.79 Å². The third-order valence-corrected chi connectivity index (χ3v) is 2.20. The minimum absolute atomic E-state index is 0.277. The molecule has 0 atom stereocenters. The van der Waals surface area contributed by atoms with Gasteiger partial charge in [0.1, 0.15) is 10.8 Å². The Labute approximate surface area is 95.7 Å². The molecule has 0 saturated heterocycles. The molecular formula is C7H5Cl4NO. The Bertz CT molecular complexity index is 310. The summed E-state index contributed by atoms with van der Waals surface area (Å²) in [6.45, 7) is 0. The van der Waals surface area contributed by atoms with Crippen molar-refractivity contribution in [1.82, 2.24) is 4.98 Å². The van der Waals surface area contributed by atoms with E-state index in [0.29, 0.717) is 10.8 Å². The standard InChI is InChI=1S/C7H5Cl4NO/c1-13-5-2-6(7(9,10)11)12-3-4(5)8/h2-3H,1H3. The van der Waals surface area contributed by atoms with Crippen LogP contribution in [0.3, 0.4) is 0 Å². The molecule has 0 radical (unpaired) electrons. The van der Waals surface area contributed by atoms with Crippen LogP contribution in [-0.2, 0) is 3.79 Å². The zero-order valence-corrected chi connectivity index (χ0v) is 9.55. The minimum atomic E-state index is -1.56. The lowest BCUT2D eigenvalue weighted by Gasteiger charge is -2.11. The van der Waals surface area contributed by atoms with Gasteiger partial charge in [-0.05, 0) is 0 Å². The van der Waals surface area contributed by atoms with Gasteiger partial charge in [0.25, 0.3) is 0 Å². The number of hydrogen-bond donors (Lipinski definition) is 0. The fourth-order valence-corrected chi connectivity index (χ4v) is 1.22. The Hall–Kier alpha value is 0.110. The number of aromatic nitrogens is 1. The third-order valence-electron chi connectivity index (χ3n) is 1.33. The highest BCUT2D eigenvalue weighted by Gasteiger charge is 2.25. The van der Waals surface area contributed by atoms with E-state index in [1.165, 1.54) is 19.4 Å². The largest absolute Gasteiger partial charge is 0.495 e. The lowest BCUT2D eigenvalue weighted by Crippen LogP contribution is -2.03. The fourth-order valence-electron chi connectivity index (χ4n) is 0.732. The van der Waals surface area contributed by atoms with Gasteiger partial charge >= 0.3 is 0 Å². The van der Waals surface area contributed by atoms with E-state index in [1.807, 2.05) is 0 Å². The topological polar surface area (TPSA) is 22.1 Å². The third kappa shape index (κ3) is 2.78. The Morgan fingerprint density at radius 1 is 1.38 bits per heavy atom. The van der Waals surface area contributed by atoms with Gasteiger partial charge in [0, 0.05) is 12.3 Å². The molecule has 2 nitrogen and oxygen atoms in total. The van der Waals surface area contributed by atoms with Crippen molar-refractivity contribution >= 4 is 46.4 Å². The van der Waals surface area contributed by atoms with Crippen molar-refractivity contribution in [2.75, 3.05) is 7.11 Å². The average Bonchev–Trinajstić information content (AvgIpc) is 2.03. The minimum Gasteiger partial charge on any atom is -0.495 e. The molecule has 0 amide bonds. The molecule has 1 aromatic heterocycles. The first kappa shape index (κ1) is 11.2. The number of methoxy groups -OCH3 is 1. The van der Waals surface area contributed by atoms with E-state index < -0.39 is 3.79 Å². The summed E-state index contributed by atoms with van der Waals surface area (Å²) in [5.41, 5.74) is 0.277. The zero-order valence-electron chi connectivity index (χ0n) is 6.52. The molecule has 72 valence electrons. The van der Waals surface area contributed by atoms with Gasteiger partial charge in [-0.25, -0.2) is 0 Å². The molecule has 0 N–H and O–H groups in total. The van der Waals surface area contributed by atoms with E-state index >= 15 is 0 Å². The molecule has 0 aliphatic carbocycles. The number of alkyl halides is 3. The van der Waals surface area contributed by atoms with Crippen LogP contribution in [0.15, 0.2) is 12.3 Å². The number of halogens is 4. The number of nitrogens with zero attached hydrogens (tertiary/aromatic N) is 1. The molecule has 1 rings (SSSR count). The monoisotopic (exact) mass is 259 g/mol. The van der Waals surface area contributed by atoms with Crippen LogP contribution in [0.25, 0.3) is 0 Å². The molecule has 0 aliphatic rings. The Kier molecular flexibility index (Phi) is 3.52. The van der Waals surface area contributed by atoms with Crippen LogP contribution in [-0.4, -0.2) is 12.1 Å². The second kappa shape index (κ2) is 4.09. The molecule has 0 aromatic carbocycles. The lowest BCUT2D eigenvalue weighted by atomic mass is 10.3. The fraction of sp³-hybridized carbons (Fsp3) is 0.286. The highest BCUT2D eigenvalue weighted by atomic mass is 35.6. The Morgan fingerprint density at radius 3 is 2.46 bits per heavy atom. The Balaban J connectivity index is 3.14. The highest BCUT2D eigenvalue weighted by molar-refractivity contribution is 6.66. The summed E-state index contributed by atoms with van der Waals surface area (Å²) in [7, 11) is 1.48. The molecule has 0 unspecified atom stereocenters. The van der Waals surface area contributed by atoms with E-state index in [1.54, 1.807) is 0 Å². The molecule has 0 fully saturated rings. The molecule has 0 bridgehead atoms. The predicted octanol–water partition coefficient (Wildman–Crippen LogP) is 3.57. The van der Waals surface area contributed by atoms with Gasteiger partial charge < -0.3 is 4.74 Å². The predicted molar refractivity (Wildman–Crippen MR) is 55.0 cm³/mol.